The van der Waals surface area contributed by atoms with Crippen LogP contribution in [0.2, 0.25) is 0 Å². The minimum absolute atomic E-state index is 0.186. The minimum atomic E-state index is -0.266. The number of aliphatic hydroxyl groups excluding tert-OH is 1. The van der Waals surface area contributed by atoms with Crippen LogP contribution in [-0.2, 0) is 11.3 Å². The van der Waals surface area contributed by atoms with E-state index in [1.54, 1.807) is 6.20 Å². The second-order valence-corrected chi connectivity index (χ2v) is 9.80. The molecule has 2 saturated heterocycles. The summed E-state index contributed by atoms with van der Waals surface area (Å²) in [6.07, 6.45) is 9.13. The molecule has 0 spiro atoms. The number of aromatic nitrogens is 1. The third kappa shape index (κ3) is 5.36. The Morgan fingerprint density at radius 3 is 2.59 bits per heavy atom. The van der Waals surface area contributed by atoms with Gasteiger partial charge in [-0.2, -0.15) is 0 Å². The first-order chi connectivity index (χ1) is 16.7. The molecule has 2 atom stereocenters. The number of fused-ring (bicyclic) bond motifs is 4. The highest BCUT2D eigenvalue weighted by atomic mass is 16.5. The minimum Gasteiger partial charge on any atom is -0.490 e. The average molecular weight is 466 g/mol. The van der Waals surface area contributed by atoms with Gasteiger partial charge in [0.25, 0.3) is 0 Å². The number of pyridine rings is 1. The van der Waals surface area contributed by atoms with Gasteiger partial charge in [0.05, 0.1) is 19.3 Å². The zero-order chi connectivity index (χ0) is 23.3. The number of aliphatic hydroxyl groups is 1. The van der Waals surface area contributed by atoms with E-state index in [4.69, 9.17) is 9.47 Å². The van der Waals surface area contributed by atoms with Crippen LogP contribution in [0.25, 0.3) is 0 Å². The molecule has 34 heavy (non-hydrogen) atoms. The van der Waals surface area contributed by atoms with Crippen LogP contribution in [0.4, 0.5) is 0 Å². The fourth-order valence-corrected chi connectivity index (χ4v) is 5.65. The lowest BCUT2D eigenvalue weighted by Gasteiger charge is -2.38. The van der Waals surface area contributed by atoms with Crippen LogP contribution in [0.15, 0.2) is 42.6 Å². The number of nitrogens with zero attached hydrogens (tertiary/aromatic N) is 3. The molecule has 0 aliphatic carbocycles. The van der Waals surface area contributed by atoms with E-state index in [2.05, 4.69) is 14.8 Å². The van der Waals surface area contributed by atoms with Crippen molar-refractivity contribution in [3.63, 3.8) is 0 Å². The Balaban J connectivity index is 1.35. The Labute approximate surface area is 201 Å². The Kier molecular flexibility index (Phi) is 7.30. The zero-order valence-electron chi connectivity index (χ0n) is 19.8. The average Bonchev–Trinajstić information content (AvgIpc) is 3.11. The molecule has 1 aromatic heterocycles. The molecule has 5 rings (SSSR count). The summed E-state index contributed by atoms with van der Waals surface area (Å²) in [7, 11) is 0. The Morgan fingerprint density at radius 1 is 1.00 bits per heavy atom. The van der Waals surface area contributed by atoms with E-state index >= 15 is 0 Å². The number of rotatable bonds is 2. The lowest BCUT2D eigenvalue weighted by Crippen LogP contribution is -2.51. The van der Waals surface area contributed by atoms with E-state index in [9.17, 15) is 9.90 Å². The Morgan fingerprint density at radius 2 is 1.76 bits per heavy atom. The second-order valence-electron chi connectivity index (χ2n) is 9.80. The normalized spacial score (nSPS) is 25.9. The van der Waals surface area contributed by atoms with Gasteiger partial charge in [0, 0.05) is 30.4 Å². The van der Waals surface area contributed by atoms with Crippen LogP contribution in [0, 0.1) is 0 Å². The molecule has 1 amide bonds. The first kappa shape index (κ1) is 23.1. The smallest absolute Gasteiger partial charge is 0.237 e. The first-order valence-corrected chi connectivity index (χ1v) is 12.7. The highest BCUT2D eigenvalue weighted by Crippen LogP contribution is 2.36. The van der Waals surface area contributed by atoms with Gasteiger partial charge in [0.15, 0.2) is 11.5 Å². The van der Waals surface area contributed by atoms with Crippen molar-refractivity contribution in [1.82, 2.24) is 14.8 Å². The third-order valence-corrected chi connectivity index (χ3v) is 7.28. The molecule has 0 radical (unpaired) electrons. The number of amides is 1. The quantitative estimate of drug-likeness (QED) is 0.718. The SMILES string of the molecule is O=C(CN1CCCCCCOc2ccccc2Oc2ncccc2C1)N1C2CCC1CC(O)C2. The maximum absolute atomic E-state index is 13.4. The summed E-state index contributed by atoms with van der Waals surface area (Å²) in [6.45, 7) is 2.49. The number of hydrogen-bond donors (Lipinski definition) is 1. The molecule has 2 fully saturated rings. The molecule has 3 aliphatic heterocycles. The molecule has 1 N–H and O–H groups in total. The standard InChI is InChI=1S/C27H35N3O4/c31-23-16-21-11-12-22(17-23)30(21)26(32)19-29-14-5-1-2-6-15-33-24-9-3-4-10-25(24)34-27-20(18-29)8-7-13-28-27/h3-4,7-10,13,21-23,31H,1-2,5-6,11-12,14-19H2. The molecule has 7 heteroatoms. The second kappa shape index (κ2) is 10.7. The van der Waals surface area contributed by atoms with Gasteiger partial charge in [0.2, 0.25) is 11.8 Å². The number of piperidine rings is 1. The van der Waals surface area contributed by atoms with Crippen molar-refractivity contribution >= 4 is 5.91 Å². The van der Waals surface area contributed by atoms with Crippen LogP contribution in [0.5, 0.6) is 17.4 Å². The van der Waals surface area contributed by atoms with Gasteiger partial charge in [-0.25, -0.2) is 4.98 Å². The van der Waals surface area contributed by atoms with Crippen molar-refractivity contribution < 1.29 is 19.4 Å². The summed E-state index contributed by atoms with van der Waals surface area (Å²) in [5.41, 5.74) is 0.958. The third-order valence-electron chi connectivity index (χ3n) is 7.28. The van der Waals surface area contributed by atoms with Crippen molar-refractivity contribution in [3.05, 3.63) is 48.2 Å². The fraction of sp³-hybridized carbons (Fsp3) is 0.556. The molecular formula is C27H35N3O4. The van der Waals surface area contributed by atoms with Gasteiger partial charge in [-0.3, -0.25) is 9.69 Å². The molecule has 2 bridgehead atoms. The van der Waals surface area contributed by atoms with Gasteiger partial charge in [0.1, 0.15) is 0 Å². The molecule has 4 heterocycles. The summed E-state index contributed by atoms with van der Waals surface area (Å²) >= 11 is 0. The number of ether oxygens (including phenoxy) is 2. The largest absolute Gasteiger partial charge is 0.490 e. The molecule has 7 nitrogen and oxygen atoms in total. The predicted molar refractivity (Wildman–Crippen MR) is 129 cm³/mol. The van der Waals surface area contributed by atoms with Crippen LogP contribution >= 0.6 is 0 Å². The Hall–Kier alpha value is -2.64. The maximum atomic E-state index is 13.4. The molecule has 0 saturated carbocycles. The summed E-state index contributed by atoms with van der Waals surface area (Å²) in [6, 6.07) is 12.0. The molecule has 2 aromatic rings. The zero-order valence-corrected chi connectivity index (χ0v) is 19.8. The van der Waals surface area contributed by atoms with Gasteiger partial charge >= 0.3 is 0 Å². The van der Waals surface area contributed by atoms with Crippen LogP contribution in [-0.4, -0.2) is 63.7 Å². The predicted octanol–water partition coefficient (Wildman–Crippen LogP) is 4.14. The van der Waals surface area contributed by atoms with Crippen LogP contribution in [0.1, 0.15) is 56.9 Å². The summed E-state index contributed by atoms with van der Waals surface area (Å²) in [4.78, 5) is 22.2. The van der Waals surface area contributed by atoms with E-state index in [0.29, 0.717) is 44.2 Å². The fourth-order valence-electron chi connectivity index (χ4n) is 5.65. The number of para-hydroxylation sites is 2. The van der Waals surface area contributed by atoms with Crippen molar-refractivity contribution in [3.8, 4) is 17.4 Å². The lowest BCUT2D eigenvalue weighted by atomic mass is 10.00. The maximum Gasteiger partial charge on any atom is 0.237 e. The van der Waals surface area contributed by atoms with E-state index in [1.165, 1.54) is 0 Å². The summed E-state index contributed by atoms with van der Waals surface area (Å²) in [5, 5.41) is 10.1. The van der Waals surface area contributed by atoms with E-state index in [-0.39, 0.29) is 24.1 Å². The van der Waals surface area contributed by atoms with E-state index in [1.807, 2.05) is 36.4 Å². The molecule has 182 valence electrons. The molecule has 1 aromatic carbocycles. The summed E-state index contributed by atoms with van der Waals surface area (Å²) < 4.78 is 12.2. The lowest BCUT2D eigenvalue weighted by molar-refractivity contribution is -0.138. The molecule has 3 aliphatic rings. The first-order valence-electron chi connectivity index (χ1n) is 12.7. The van der Waals surface area contributed by atoms with E-state index in [0.717, 1.165) is 56.4 Å². The molecular weight excluding hydrogens is 430 g/mol. The van der Waals surface area contributed by atoms with Crippen molar-refractivity contribution in [1.29, 1.82) is 0 Å². The van der Waals surface area contributed by atoms with Gasteiger partial charge < -0.3 is 19.5 Å². The van der Waals surface area contributed by atoms with Gasteiger partial charge in [-0.15, -0.1) is 0 Å². The Bertz CT molecular complexity index is 970. The summed E-state index contributed by atoms with van der Waals surface area (Å²) in [5.74, 6) is 2.12. The number of benzene rings is 1. The number of carbonyl (C=O) groups excluding carboxylic acids is 1. The molecule has 2 unspecified atom stereocenters. The topological polar surface area (TPSA) is 75.1 Å². The highest BCUT2D eigenvalue weighted by molar-refractivity contribution is 5.79. The van der Waals surface area contributed by atoms with Gasteiger partial charge in [-0.1, -0.05) is 31.0 Å². The van der Waals surface area contributed by atoms with Crippen molar-refractivity contribution in [2.75, 3.05) is 19.7 Å². The number of carbonyl (C=O) groups is 1. The van der Waals surface area contributed by atoms with Gasteiger partial charge in [-0.05, 0) is 63.3 Å². The monoisotopic (exact) mass is 465 g/mol. The number of hydrogen-bond acceptors (Lipinski definition) is 6. The van der Waals surface area contributed by atoms with Crippen molar-refractivity contribution in [2.24, 2.45) is 0 Å². The van der Waals surface area contributed by atoms with Crippen molar-refractivity contribution in [2.45, 2.75) is 76.1 Å². The van der Waals surface area contributed by atoms with Crippen LogP contribution < -0.4 is 9.47 Å². The highest BCUT2D eigenvalue weighted by Gasteiger charge is 2.42. The van der Waals surface area contributed by atoms with Crippen LogP contribution in [0.3, 0.4) is 0 Å². The van der Waals surface area contributed by atoms with E-state index < -0.39 is 0 Å².